The smallest absolute Gasteiger partial charge is 0.335 e. The molecule has 110 valence electrons. The van der Waals surface area contributed by atoms with Crippen molar-refractivity contribution in [3.05, 3.63) is 33.8 Å². The lowest BCUT2D eigenvalue weighted by atomic mass is 10.1. The van der Waals surface area contributed by atoms with Crippen LogP contribution in [0.15, 0.2) is 22.7 Å². The van der Waals surface area contributed by atoms with Crippen molar-refractivity contribution in [1.82, 2.24) is 10.6 Å². The molecule has 0 spiro atoms. The minimum absolute atomic E-state index is 0.0734. The summed E-state index contributed by atoms with van der Waals surface area (Å²) in [6.07, 6.45) is 0. The Morgan fingerprint density at radius 2 is 1.95 bits per heavy atom. The molecule has 0 aliphatic heterocycles. The molecule has 0 aromatic heterocycles. The predicted octanol–water partition coefficient (Wildman–Crippen LogP) is 2.15. The van der Waals surface area contributed by atoms with Crippen LogP contribution in [-0.4, -0.2) is 29.1 Å². The fourth-order valence-electron chi connectivity index (χ4n) is 1.60. The second kappa shape index (κ2) is 6.85. The first-order valence-electron chi connectivity index (χ1n) is 6.22. The van der Waals surface area contributed by atoms with Crippen LogP contribution in [0.1, 0.15) is 36.7 Å². The molecule has 0 bridgehead atoms. The number of hydrogen-bond acceptors (Lipinski definition) is 3. The average Bonchev–Trinajstić information content (AvgIpc) is 2.28. The maximum atomic E-state index is 11.6. The van der Waals surface area contributed by atoms with Gasteiger partial charge in [0.2, 0.25) is 5.91 Å². The van der Waals surface area contributed by atoms with E-state index in [4.69, 9.17) is 5.11 Å². The van der Waals surface area contributed by atoms with Crippen LogP contribution in [0.4, 0.5) is 0 Å². The number of amides is 1. The second-order valence-electron chi connectivity index (χ2n) is 5.51. The van der Waals surface area contributed by atoms with E-state index in [1.54, 1.807) is 18.2 Å². The summed E-state index contributed by atoms with van der Waals surface area (Å²) in [4.78, 5) is 22.4. The Morgan fingerprint density at radius 1 is 1.30 bits per heavy atom. The van der Waals surface area contributed by atoms with Gasteiger partial charge in [0.05, 0.1) is 12.1 Å². The molecule has 0 heterocycles. The third-order valence-corrected chi connectivity index (χ3v) is 3.15. The van der Waals surface area contributed by atoms with E-state index >= 15 is 0 Å². The zero-order valence-corrected chi connectivity index (χ0v) is 13.4. The van der Waals surface area contributed by atoms with Crippen LogP contribution in [0.2, 0.25) is 0 Å². The average molecular weight is 343 g/mol. The van der Waals surface area contributed by atoms with Gasteiger partial charge in [-0.05, 0) is 38.5 Å². The predicted molar refractivity (Wildman–Crippen MR) is 80.7 cm³/mol. The van der Waals surface area contributed by atoms with Crippen LogP contribution in [-0.2, 0) is 11.3 Å². The summed E-state index contributed by atoms with van der Waals surface area (Å²) in [5, 5.41) is 14.7. The standard InChI is InChI=1S/C14H19BrN2O3/c1-14(2,3)17-12(18)8-16-7-10-5-4-9(13(19)20)6-11(10)15/h4-6,16H,7-8H2,1-3H3,(H,17,18)(H,19,20). The number of rotatable bonds is 5. The molecular formula is C14H19BrN2O3. The molecule has 5 nitrogen and oxygen atoms in total. The van der Waals surface area contributed by atoms with Crippen LogP contribution in [0.5, 0.6) is 0 Å². The van der Waals surface area contributed by atoms with Gasteiger partial charge >= 0.3 is 5.97 Å². The van der Waals surface area contributed by atoms with Crippen molar-refractivity contribution in [2.75, 3.05) is 6.54 Å². The molecule has 0 atom stereocenters. The molecule has 0 radical (unpaired) electrons. The number of carboxylic acids is 1. The summed E-state index contributed by atoms with van der Waals surface area (Å²) in [5.74, 6) is -1.04. The lowest BCUT2D eigenvalue weighted by Gasteiger charge is -2.20. The number of benzene rings is 1. The van der Waals surface area contributed by atoms with Crippen LogP contribution < -0.4 is 10.6 Å². The Balaban J connectivity index is 2.51. The highest BCUT2D eigenvalue weighted by Gasteiger charge is 2.13. The van der Waals surface area contributed by atoms with Gasteiger partial charge in [0.15, 0.2) is 0 Å². The first kappa shape index (κ1) is 16.7. The number of carbonyl (C=O) groups excluding carboxylic acids is 1. The molecule has 1 aromatic carbocycles. The highest BCUT2D eigenvalue weighted by Crippen LogP contribution is 2.18. The van der Waals surface area contributed by atoms with Crippen molar-refractivity contribution in [3.63, 3.8) is 0 Å². The molecule has 1 rings (SSSR count). The van der Waals surface area contributed by atoms with Gasteiger partial charge in [0.25, 0.3) is 0 Å². The second-order valence-corrected chi connectivity index (χ2v) is 6.37. The van der Waals surface area contributed by atoms with E-state index < -0.39 is 5.97 Å². The Kier molecular flexibility index (Phi) is 5.71. The molecule has 6 heteroatoms. The third-order valence-electron chi connectivity index (χ3n) is 2.42. The van der Waals surface area contributed by atoms with Crippen molar-refractivity contribution in [2.45, 2.75) is 32.9 Å². The van der Waals surface area contributed by atoms with Crippen molar-refractivity contribution in [3.8, 4) is 0 Å². The first-order chi connectivity index (χ1) is 9.19. The Hall–Kier alpha value is -1.40. The number of carboxylic acid groups (broad SMARTS) is 1. The number of halogens is 1. The van der Waals surface area contributed by atoms with E-state index in [0.717, 1.165) is 5.56 Å². The van der Waals surface area contributed by atoms with E-state index in [1.807, 2.05) is 20.8 Å². The highest BCUT2D eigenvalue weighted by molar-refractivity contribution is 9.10. The van der Waals surface area contributed by atoms with Gasteiger partial charge in [-0.15, -0.1) is 0 Å². The molecule has 0 saturated carbocycles. The molecule has 0 fully saturated rings. The third kappa shape index (κ3) is 5.71. The fourth-order valence-corrected chi connectivity index (χ4v) is 2.12. The Labute approximate surface area is 126 Å². The van der Waals surface area contributed by atoms with Gasteiger partial charge in [-0.25, -0.2) is 4.79 Å². The Bertz CT molecular complexity index is 510. The fraction of sp³-hybridized carbons (Fsp3) is 0.429. The van der Waals surface area contributed by atoms with Crippen LogP contribution in [0.3, 0.4) is 0 Å². The molecule has 0 saturated heterocycles. The molecular weight excluding hydrogens is 324 g/mol. The lowest BCUT2D eigenvalue weighted by Crippen LogP contribution is -2.44. The summed E-state index contributed by atoms with van der Waals surface area (Å²) in [6.45, 7) is 6.47. The van der Waals surface area contributed by atoms with Gasteiger partial charge in [-0.3, -0.25) is 4.79 Å². The SMILES string of the molecule is CC(C)(C)NC(=O)CNCc1ccc(C(=O)O)cc1Br. The van der Waals surface area contributed by atoms with Gasteiger partial charge in [0, 0.05) is 16.6 Å². The maximum Gasteiger partial charge on any atom is 0.335 e. The van der Waals surface area contributed by atoms with E-state index in [0.29, 0.717) is 11.0 Å². The lowest BCUT2D eigenvalue weighted by molar-refractivity contribution is -0.121. The highest BCUT2D eigenvalue weighted by atomic mass is 79.9. The van der Waals surface area contributed by atoms with Crippen LogP contribution in [0.25, 0.3) is 0 Å². The largest absolute Gasteiger partial charge is 0.478 e. The molecule has 0 aliphatic rings. The van der Waals surface area contributed by atoms with E-state index in [1.165, 1.54) is 0 Å². The minimum atomic E-state index is -0.963. The van der Waals surface area contributed by atoms with Crippen LogP contribution in [0, 0.1) is 0 Å². The molecule has 3 N–H and O–H groups in total. The van der Waals surface area contributed by atoms with Crippen molar-refractivity contribution in [2.24, 2.45) is 0 Å². The zero-order valence-electron chi connectivity index (χ0n) is 11.8. The number of hydrogen-bond donors (Lipinski definition) is 3. The van der Waals surface area contributed by atoms with Gasteiger partial charge in [0.1, 0.15) is 0 Å². The van der Waals surface area contributed by atoms with Crippen molar-refractivity contribution < 1.29 is 14.7 Å². The summed E-state index contributed by atoms with van der Waals surface area (Å²) >= 11 is 3.33. The Morgan fingerprint density at radius 3 is 2.45 bits per heavy atom. The normalized spacial score (nSPS) is 11.2. The summed E-state index contributed by atoms with van der Waals surface area (Å²) in [6, 6.07) is 4.82. The number of carbonyl (C=O) groups is 2. The topological polar surface area (TPSA) is 78.4 Å². The minimum Gasteiger partial charge on any atom is -0.478 e. The van der Waals surface area contributed by atoms with Crippen LogP contribution >= 0.6 is 15.9 Å². The van der Waals surface area contributed by atoms with Gasteiger partial charge < -0.3 is 15.7 Å². The molecule has 20 heavy (non-hydrogen) atoms. The molecule has 1 aromatic rings. The van der Waals surface area contributed by atoms with Gasteiger partial charge in [-0.2, -0.15) is 0 Å². The quantitative estimate of drug-likeness (QED) is 0.766. The first-order valence-corrected chi connectivity index (χ1v) is 7.02. The van der Waals surface area contributed by atoms with Gasteiger partial charge in [-0.1, -0.05) is 22.0 Å². The monoisotopic (exact) mass is 342 g/mol. The molecule has 0 aliphatic carbocycles. The van der Waals surface area contributed by atoms with E-state index in [2.05, 4.69) is 26.6 Å². The summed E-state index contributed by atoms with van der Waals surface area (Å²) in [5.41, 5.74) is 0.882. The molecule has 0 unspecified atom stereocenters. The molecule has 1 amide bonds. The van der Waals surface area contributed by atoms with Crippen molar-refractivity contribution in [1.29, 1.82) is 0 Å². The van der Waals surface area contributed by atoms with E-state index in [-0.39, 0.29) is 23.6 Å². The summed E-state index contributed by atoms with van der Waals surface area (Å²) in [7, 11) is 0. The summed E-state index contributed by atoms with van der Waals surface area (Å²) < 4.78 is 0.709. The number of nitrogens with one attached hydrogen (secondary N) is 2. The van der Waals surface area contributed by atoms with Crippen molar-refractivity contribution >= 4 is 27.8 Å². The maximum absolute atomic E-state index is 11.6. The zero-order chi connectivity index (χ0) is 15.3. The van der Waals surface area contributed by atoms with E-state index in [9.17, 15) is 9.59 Å². The number of aromatic carboxylic acids is 1.